The Balaban J connectivity index is 1.21. The van der Waals surface area contributed by atoms with Crippen molar-refractivity contribution in [3.63, 3.8) is 0 Å². The molecule has 0 aromatic heterocycles. The van der Waals surface area contributed by atoms with Crippen LogP contribution in [0.15, 0.2) is 66.2 Å². The fraction of sp³-hybridized carbons (Fsp3) is 0.344. The average Bonchev–Trinajstić information content (AvgIpc) is 3.82. The Morgan fingerprint density at radius 2 is 1.62 bits per heavy atom. The van der Waals surface area contributed by atoms with Gasteiger partial charge >= 0.3 is 0 Å². The van der Waals surface area contributed by atoms with Gasteiger partial charge in [-0.15, -0.1) is 0 Å². The summed E-state index contributed by atoms with van der Waals surface area (Å²) in [6, 6.07) is 16.0. The number of halogens is 4. The number of carbonyl (C=O) groups excluding carboxylic acids is 1. The molecule has 0 saturated heterocycles. The van der Waals surface area contributed by atoms with Crippen molar-refractivity contribution in [1.82, 2.24) is 10.6 Å². The number of carbonyl (C=O) groups is 1. The fourth-order valence-corrected chi connectivity index (χ4v) is 5.15. The third kappa shape index (κ3) is 6.91. The first-order valence-electron chi connectivity index (χ1n) is 13.7. The van der Waals surface area contributed by atoms with E-state index in [2.05, 4.69) is 10.6 Å². The van der Waals surface area contributed by atoms with Gasteiger partial charge in [-0.05, 0) is 97.5 Å². The average molecular weight is 553 g/mol. The van der Waals surface area contributed by atoms with Crippen LogP contribution < -0.4 is 15.4 Å². The normalized spacial score (nSPS) is 16.1. The second kappa shape index (κ2) is 12.7. The number of hydrogen-bond donors (Lipinski definition) is 2. The van der Waals surface area contributed by atoms with Gasteiger partial charge in [-0.1, -0.05) is 36.4 Å². The predicted octanol–water partition coefficient (Wildman–Crippen LogP) is 6.14. The largest absolute Gasteiger partial charge is 0.488 e. The van der Waals surface area contributed by atoms with E-state index in [4.69, 9.17) is 4.74 Å². The van der Waals surface area contributed by atoms with Gasteiger partial charge in [0.05, 0.1) is 6.61 Å². The van der Waals surface area contributed by atoms with E-state index in [1.165, 1.54) is 12.1 Å². The summed E-state index contributed by atoms with van der Waals surface area (Å²) in [7, 11) is 0. The third-order valence-electron chi connectivity index (χ3n) is 7.53. The number of amides is 1. The van der Waals surface area contributed by atoms with E-state index >= 15 is 0 Å². The van der Waals surface area contributed by atoms with E-state index in [-0.39, 0.29) is 24.4 Å². The number of hydrogen-bond acceptors (Lipinski definition) is 3. The molecule has 1 aliphatic heterocycles. The van der Waals surface area contributed by atoms with E-state index in [1.54, 1.807) is 12.1 Å². The minimum atomic E-state index is -1.32. The van der Waals surface area contributed by atoms with E-state index in [9.17, 15) is 22.4 Å². The van der Waals surface area contributed by atoms with Crippen molar-refractivity contribution in [3.8, 4) is 5.75 Å². The van der Waals surface area contributed by atoms with Crippen LogP contribution in [0.4, 0.5) is 17.6 Å². The molecule has 2 N–H and O–H groups in total. The van der Waals surface area contributed by atoms with Gasteiger partial charge in [0.1, 0.15) is 5.82 Å². The van der Waals surface area contributed by atoms with E-state index in [0.717, 1.165) is 65.8 Å². The molecule has 210 valence electrons. The van der Waals surface area contributed by atoms with Gasteiger partial charge in [-0.2, -0.15) is 4.39 Å². The molecule has 1 atom stereocenters. The molecule has 8 heteroatoms. The first kappa shape index (κ1) is 27.9. The molecular formula is C32H32F4N2O2. The summed E-state index contributed by atoms with van der Waals surface area (Å²) < 4.78 is 59.3. The zero-order valence-corrected chi connectivity index (χ0v) is 22.1. The second-order valence-corrected chi connectivity index (χ2v) is 10.5. The highest BCUT2D eigenvalue weighted by Crippen LogP contribution is 2.35. The van der Waals surface area contributed by atoms with Crippen molar-refractivity contribution in [2.75, 3.05) is 19.7 Å². The summed E-state index contributed by atoms with van der Waals surface area (Å²) in [5, 5.41) is 6.57. The standard InChI is InChI=1S/C32H32F4N2O2/c33-24-11-5-21(6-12-24)18-29(23-9-10-23)38-32(39)26-19-37-16-15-25(26)22-7-3-20(4-8-22)2-1-17-40-31-28(35)14-13-27(34)30(31)36/h3-8,11-14,23,29,37H,1-2,9-10,15-19H2,(H,38,39). The highest BCUT2D eigenvalue weighted by atomic mass is 19.2. The first-order chi connectivity index (χ1) is 19.4. The Bertz CT molecular complexity index is 1370. The lowest BCUT2D eigenvalue weighted by molar-refractivity contribution is -0.118. The molecule has 1 heterocycles. The second-order valence-electron chi connectivity index (χ2n) is 10.5. The molecule has 40 heavy (non-hydrogen) atoms. The lowest BCUT2D eigenvalue weighted by Crippen LogP contribution is -2.42. The van der Waals surface area contributed by atoms with Crippen LogP contribution >= 0.6 is 0 Å². The topological polar surface area (TPSA) is 50.4 Å². The van der Waals surface area contributed by atoms with Crippen molar-refractivity contribution in [1.29, 1.82) is 0 Å². The van der Waals surface area contributed by atoms with Crippen molar-refractivity contribution in [3.05, 3.63) is 106 Å². The zero-order chi connectivity index (χ0) is 28.1. The molecule has 1 aliphatic carbocycles. The number of benzene rings is 3. The number of nitrogens with one attached hydrogen (secondary N) is 2. The molecule has 1 fully saturated rings. The lowest BCUT2D eigenvalue weighted by Gasteiger charge is -2.25. The lowest BCUT2D eigenvalue weighted by atomic mass is 9.92. The maximum absolute atomic E-state index is 13.8. The van der Waals surface area contributed by atoms with Crippen LogP contribution in [0.3, 0.4) is 0 Å². The van der Waals surface area contributed by atoms with Crippen LogP contribution in [-0.2, 0) is 17.6 Å². The Hall–Kier alpha value is -3.65. The van der Waals surface area contributed by atoms with Gasteiger partial charge in [0, 0.05) is 18.2 Å². The van der Waals surface area contributed by atoms with Crippen molar-refractivity contribution in [2.45, 2.75) is 44.6 Å². The molecule has 0 bridgehead atoms. The maximum Gasteiger partial charge on any atom is 0.249 e. The maximum atomic E-state index is 13.8. The van der Waals surface area contributed by atoms with E-state index in [0.29, 0.717) is 31.7 Å². The molecule has 5 rings (SSSR count). The molecule has 1 amide bonds. The van der Waals surface area contributed by atoms with Gasteiger partial charge in [0.25, 0.3) is 0 Å². The van der Waals surface area contributed by atoms with Gasteiger partial charge in [0.15, 0.2) is 17.4 Å². The highest BCUT2D eigenvalue weighted by Gasteiger charge is 2.33. The molecule has 3 aromatic rings. The quantitative estimate of drug-likeness (QED) is 0.171. The number of ether oxygens (including phenoxy) is 1. The molecule has 0 radical (unpaired) electrons. The summed E-state index contributed by atoms with van der Waals surface area (Å²) in [4.78, 5) is 13.4. The van der Waals surface area contributed by atoms with Crippen LogP contribution in [0.5, 0.6) is 5.75 Å². The Kier molecular flexibility index (Phi) is 8.85. The van der Waals surface area contributed by atoms with Crippen molar-refractivity contribution >= 4 is 11.5 Å². The Morgan fingerprint density at radius 3 is 2.35 bits per heavy atom. The molecule has 1 unspecified atom stereocenters. The van der Waals surface area contributed by atoms with Crippen LogP contribution in [0.25, 0.3) is 5.57 Å². The van der Waals surface area contributed by atoms with Crippen LogP contribution in [0, 0.1) is 29.2 Å². The summed E-state index contributed by atoms with van der Waals surface area (Å²) in [5.74, 6) is -4.00. The van der Waals surface area contributed by atoms with Crippen LogP contribution in [0.1, 0.15) is 42.4 Å². The van der Waals surface area contributed by atoms with Crippen LogP contribution in [0.2, 0.25) is 0 Å². The monoisotopic (exact) mass is 552 g/mol. The number of rotatable bonds is 11. The summed E-state index contributed by atoms with van der Waals surface area (Å²) >= 11 is 0. The predicted molar refractivity (Wildman–Crippen MR) is 146 cm³/mol. The summed E-state index contributed by atoms with van der Waals surface area (Å²) in [6.07, 6.45) is 4.66. The third-order valence-corrected chi connectivity index (χ3v) is 7.53. The molecule has 4 nitrogen and oxygen atoms in total. The number of aryl methyl sites for hydroxylation is 1. The van der Waals surface area contributed by atoms with E-state index in [1.807, 2.05) is 24.3 Å². The van der Waals surface area contributed by atoms with Gasteiger partial charge in [-0.3, -0.25) is 4.79 Å². The molecule has 1 saturated carbocycles. The van der Waals surface area contributed by atoms with Crippen molar-refractivity contribution < 1.29 is 27.1 Å². The molecule has 0 spiro atoms. The minimum absolute atomic E-state index is 0.00700. The SMILES string of the molecule is O=C(NC(Cc1ccc(F)cc1)C1CC1)C1=C(c2ccc(CCCOc3c(F)ccc(F)c3F)cc2)CCNC1. The van der Waals surface area contributed by atoms with Gasteiger partial charge in [-0.25, -0.2) is 13.2 Å². The highest BCUT2D eigenvalue weighted by molar-refractivity contribution is 6.02. The smallest absolute Gasteiger partial charge is 0.249 e. The first-order valence-corrected chi connectivity index (χ1v) is 13.7. The van der Waals surface area contributed by atoms with Gasteiger partial charge in [0.2, 0.25) is 11.7 Å². The zero-order valence-electron chi connectivity index (χ0n) is 22.1. The van der Waals surface area contributed by atoms with Crippen LogP contribution in [-0.4, -0.2) is 31.6 Å². The van der Waals surface area contributed by atoms with Gasteiger partial charge < -0.3 is 15.4 Å². The Labute approximate surface area is 231 Å². The summed E-state index contributed by atoms with van der Waals surface area (Å²) in [6.45, 7) is 1.31. The Morgan fingerprint density at radius 1 is 0.925 bits per heavy atom. The minimum Gasteiger partial charge on any atom is -0.488 e. The molecule has 2 aliphatic rings. The summed E-state index contributed by atoms with van der Waals surface area (Å²) in [5.41, 5.74) is 4.75. The molecule has 3 aromatic carbocycles. The fourth-order valence-electron chi connectivity index (χ4n) is 5.15. The van der Waals surface area contributed by atoms with Crippen molar-refractivity contribution in [2.24, 2.45) is 5.92 Å². The molecular weight excluding hydrogens is 520 g/mol. The van der Waals surface area contributed by atoms with E-state index < -0.39 is 23.2 Å².